The predicted molar refractivity (Wildman–Crippen MR) is 57.7 cm³/mol. The van der Waals surface area contributed by atoms with Crippen LogP contribution in [0.5, 0.6) is 11.5 Å². The molecule has 0 aliphatic rings. The second kappa shape index (κ2) is 4.13. The van der Waals surface area contributed by atoms with Crippen molar-refractivity contribution < 1.29 is 9.13 Å². The average molecular weight is 202 g/mol. The van der Waals surface area contributed by atoms with Crippen molar-refractivity contribution in [3.05, 3.63) is 59.9 Å². The zero-order valence-corrected chi connectivity index (χ0v) is 8.41. The van der Waals surface area contributed by atoms with Crippen molar-refractivity contribution in [3.63, 3.8) is 0 Å². The lowest BCUT2D eigenvalue weighted by atomic mass is 10.2. The summed E-state index contributed by atoms with van der Waals surface area (Å²) in [6.45, 7) is 1.72. The molecule has 0 radical (unpaired) electrons. The largest absolute Gasteiger partial charge is 0.457 e. The van der Waals surface area contributed by atoms with Crippen molar-refractivity contribution >= 4 is 0 Å². The molecule has 0 atom stereocenters. The summed E-state index contributed by atoms with van der Waals surface area (Å²) in [5.74, 6) is 1.19. The lowest BCUT2D eigenvalue weighted by Crippen LogP contribution is -1.86. The molecule has 2 heteroatoms. The van der Waals surface area contributed by atoms with Crippen LogP contribution < -0.4 is 4.74 Å². The highest BCUT2D eigenvalue weighted by molar-refractivity contribution is 5.33. The van der Waals surface area contributed by atoms with E-state index in [2.05, 4.69) is 0 Å². The first-order valence-electron chi connectivity index (χ1n) is 4.75. The second-order valence-corrected chi connectivity index (χ2v) is 3.33. The highest BCUT2D eigenvalue weighted by atomic mass is 19.1. The van der Waals surface area contributed by atoms with Crippen LogP contribution in [0.15, 0.2) is 48.5 Å². The van der Waals surface area contributed by atoms with Crippen LogP contribution in [-0.2, 0) is 0 Å². The molecule has 0 unspecified atom stereocenters. The van der Waals surface area contributed by atoms with E-state index >= 15 is 0 Å². The van der Waals surface area contributed by atoms with E-state index in [9.17, 15) is 4.39 Å². The Morgan fingerprint density at radius 1 is 0.933 bits per heavy atom. The van der Waals surface area contributed by atoms with Gasteiger partial charge in [-0.3, -0.25) is 0 Å². The molecule has 0 aliphatic carbocycles. The summed E-state index contributed by atoms with van der Waals surface area (Å²) in [7, 11) is 0. The maximum atomic E-state index is 13.0. The zero-order chi connectivity index (χ0) is 10.7. The average Bonchev–Trinajstić information content (AvgIpc) is 2.25. The van der Waals surface area contributed by atoms with Gasteiger partial charge in [-0.05, 0) is 42.8 Å². The van der Waals surface area contributed by atoms with Crippen LogP contribution in [0, 0.1) is 12.7 Å². The minimum absolute atomic E-state index is 0.213. The Hall–Kier alpha value is -1.83. The number of benzene rings is 2. The molecule has 2 rings (SSSR count). The number of hydrogen-bond donors (Lipinski definition) is 0. The fraction of sp³-hybridized carbons (Fsp3) is 0.0769. The van der Waals surface area contributed by atoms with Crippen molar-refractivity contribution in [3.8, 4) is 11.5 Å². The Kier molecular flexibility index (Phi) is 2.68. The minimum Gasteiger partial charge on any atom is -0.457 e. The number of para-hydroxylation sites is 1. The van der Waals surface area contributed by atoms with Crippen molar-refractivity contribution in [1.82, 2.24) is 0 Å². The Morgan fingerprint density at radius 3 is 2.33 bits per heavy atom. The molecule has 76 valence electrons. The molecule has 0 spiro atoms. The molecule has 0 fully saturated rings. The Balaban J connectivity index is 2.22. The van der Waals surface area contributed by atoms with E-state index < -0.39 is 0 Å². The topological polar surface area (TPSA) is 9.23 Å². The van der Waals surface area contributed by atoms with E-state index in [0.29, 0.717) is 11.3 Å². The van der Waals surface area contributed by atoms with Gasteiger partial charge in [-0.25, -0.2) is 4.39 Å². The summed E-state index contributed by atoms with van der Waals surface area (Å²) >= 11 is 0. The standard InChI is InChI=1S/C13H11FO/c1-10-9-12(7-8-13(10)14)15-11-5-3-2-4-6-11/h2-9H,1H3. The number of hydrogen-bond acceptors (Lipinski definition) is 1. The van der Waals surface area contributed by atoms with Gasteiger partial charge in [0.15, 0.2) is 0 Å². The van der Waals surface area contributed by atoms with Crippen molar-refractivity contribution in [1.29, 1.82) is 0 Å². The summed E-state index contributed by atoms with van der Waals surface area (Å²) < 4.78 is 18.5. The first-order valence-corrected chi connectivity index (χ1v) is 4.75. The highest BCUT2D eigenvalue weighted by Gasteiger charge is 2.00. The number of rotatable bonds is 2. The summed E-state index contributed by atoms with van der Waals surface area (Å²) in [6, 6.07) is 14.1. The number of aryl methyl sites for hydroxylation is 1. The normalized spacial score (nSPS) is 10.0. The summed E-state index contributed by atoms with van der Waals surface area (Å²) in [6.07, 6.45) is 0. The third-order valence-corrected chi connectivity index (χ3v) is 2.11. The summed E-state index contributed by atoms with van der Waals surface area (Å²) in [5, 5.41) is 0. The molecule has 2 aromatic rings. The van der Waals surface area contributed by atoms with Gasteiger partial charge >= 0.3 is 0 Å². The van der Waals surface area contributed by atoms with Gasteiger partial charge in [-0.1, -0.05) is 18.2 Å². The molecule has 2 aromatic carbocycles. The van der Waals surface area contributed by atoms with E-state index in [1.54, 1.807) is 19.1 Å². The van der Waals surface area contributed by atoms with Crippen LogP contribution in [0.25, 0.3) is 0 Å². The molecular weight excluding hydrogens is 191 g/mol. The molecule has 1 nitrogen and oxygen atoms in total. The molecule has 0 N–H and O–H groups in total. The molecule has 0 saturated carbocycles. The van der Waals surface area contributed by atoms with E-state index in [0.717, 1.165) is 5.75 Å². The lowest BCUT2D eigenvalue weighted by Gasteiger charge is -2.06. The van der Waals surface area contributed by atoms with Crippen LogP contribution in [-0.4, -0.2) is 0 Å². The molecular formula is C13H11FO. The first-order chi connectivity index (χ1) is 7.25. The second-order valence-electron chi connectivity index (χ2n) is 3.33. The number of halogens is 1. The summed E-state index contributed by atoms with van der Waals surface area (Å²) in [4.78, 5) is 0. The van der Waals surface area contributed by atoms with Crippen LogP contribution in [0.3, 0.4) is 0 Å². The van der Waals surface area contributed by atoms with Crippen LogP contribution in [0.1, 0.15) is 5.56 Å². The van der Waals surface area contributed by atoms with E-state index in [-0.39, 0.29) is 5.82 Å². The molecule has 0 heterocycles. The van der Waals surface area contributed by atoms with E-state index in [1.807, 2.05) is 30.3 Å². The van der Waals surface area contributed by atoms with Gasteiger partial charge in [0.25, 0.3) is 0 Å². The van der Waals surface area contributed by atoms with Crippen molar-refractivity contribution in [2.75, 3.05) is 0 Å². The maximum absolute atomic E-state index is 13.0. The van der Waals surface area contributed by atoms with Crippen LogP contribution in [0.2, 0.25) is 0 Å². The van der Waals surface area contributed by atoms with E-state index in [1.165, 1.54) is 6.07 Å². The lowest BCUT2D eigenvalue weighted by molar-refractivity contribution is 0.479. The monoisotopic (exact) mass is 202 g/mol. The Labute approximate surface area is 88.1 Å². The molecule has 0 aliphatic heterocycles. The van der Waals surface area contributed by atoms with Gasteiger partial charge in [0.1, 0.15) is 17.3 Å². The molecule has 0 aromatic heterocycles. The highest BCUT2D eigenvalue weighted by Crippen LogP contribution is 2.22. The molecule has 0 bridgehead atoms. The van der Waals surface area contributed by atoms with E-state index in [4.69, 9.17) is 4.74 Å². The fourth-order valence-electron chi connectivity index (χ4n) is 1.31. The SMILES string of the molecule is Cc1cc(Oc2ccccc2)ccc1F. The van der Waals surface area contributed by atoms with Crippen LogP contribution >= 0.6 is 0 Å². The Bertz CT molecular complexity index is 451. The molecule has 0 amide bonds. The zero-order valence-electron chi connectivity index (χ0n) is 8.41. The molecule has 0 saturated heterocycles. The number of ether oxygens (including phenoxy) is 1. The van der Waals surface area contributed by atoms with Crippen molar-refractivity contribution in [2.45, 2.75) is 6.92 Å². The molecule has 15 heavy (non-hydrogen) atoms. The predicted octanol–water partition coefficient (Wildman–Crippen LogP) is 3.93. The smallest absolute Gasteiger partial charge is 0.127 e. The minimum atomic E-state index is -0.213. The third kappa shape index (κ3) is 2.34. The maximum Gasteiger partial charge on any atom is 0.127 e. The first kappa shape index (κ1) is 9.71. The van der Waals surface area contributed by atoms with Gasteiger partial charge in [-0.15, -0.1) is 0 Å². The fourth-order valence-corrected chi connectivity index (χ4v) is 1.31. The summed E-state index contributed by atoms with van der Waals surface area (Å²) in [5.41, 5.74) is 0.587. The van der Waals surface area contributed by atoms with Gasteiger partial charge in [0, 0.05) is 0 Å². The van der Waals surface area contributed by atoms with Gasteiger partial charge in [-0.2, -0.15) is 0 Å². The van der Waals surface area contributed by atoms with Crippen molar-refractivity contribution in [2.24, 2.45) is 0 Å². The third-order valence-electron chi connectivity index (χ3n) is 2.11. The Morgan fingerprint density at radius 2 is 1.67 bits per heavy atom. The van der Waals surface area contributed by atoms with Gasteiger partial charge < -0.3 is 4.74 Å². The van der Waals surface area contributed by atoms with Gasteiger partial charge in [0.05, 0.1) is 0 Å². The van der Waals surface area contributed by atoms with Gasteiger partial charge in [0.2, 0.25) is 0 Å². The quantitative estimate of drug-likeness (QED) is 0.717. The van der Waals surface area contributed by atoms with Crippen LogP contribution in [0.4, 0.5) is 4.39 Å².